The first-order chi connectivity index (χ1) is 15.8. The first-order valence-corrected chi connectivity index (χ1v) is 10.6. The van der Waals surface area contributed by atoms with Crippen molar-refractivity contribution < 1.29 is 31.9 Å². The Morgan fingerprint density at radius 1 is 1.00 bits per heavy atom. The number of hydrogen-bond acceptors (Lipinski definition) is 4. The predicted octanol–water partition coefficient (Wildman–Crippen LogP) is 6.15. The smallest absolute Gasteiger partial charge is 0.404 e. The number of pyridine rings is 1. The average Bonchev–Trinajstić information content (AvgIpc) is 2.74. The van der Waals surface area contributed by atoms with Crippen LogP contribution in [0, 0.1) is 5.82 Å². The summed E-state index contributed by atoms with van der Waals surface area (Å²) >= 11 is 3.12. The van der Waals surface area contributed by atoms with Gasteiger partial charge in [0.05, 0.1) is 27.6 Å². The number of anilines is 2. The first-order valence-electron chi connectivity index (χ1n) is 9.76. The molecule has 1 heterocycles. The van der Waals surface area contributed by atoms with Crippen molar-refractivity contribution in [3.63, 3.8) is 0 Å². The van der Waals surface area contributed by atoms with Gasteiger partial charge in [0, 0.05) is 11.1 Å². The van der Waals surface area contributed by atoms with E-state index in [0.29, 0.717) is 5.69 Å². The van der Waals surface area contributed by atoms with Gasteiger partial charge >= 0.3 is 6.36 Å². The van der Waals surface area contributed by atoms with Gasteiger partial charge in [0.15, 0.2) is 5.75 Å². The zero-order valence-corrected chi connectivity index (χ0v) is 19.4. The molecule has 0 saturated heterocycles. The summed E-state index contributed by atoms with van der Waals surface area (Å²) in [6.45, 7) is 3.00. The third kappa shape index (κ3) is 6.53. The van der Waals surface area contributed by atoms with Crippen molar-refractivity contribution in [1.82, 2.24) is 4.98 Å². The summed E-state index contributed by atoms with van der Waals surface area (Å²) in [5.74, 6) is -2.45. The quantitative estimate of drug-likeness (QED) is 0.291. The molecule has 2 aromatic carbocycles. The molecular formula is C23H18BrF4N3O3. The van der Waals surface area contributed by atoms with Crippen LogP contribution in [-0.2, 0) is 4.79 Å². The Kier molecular flexibility index (Phi) is 7.25. The molecule has 11 heteroatoms. The molecule has 0 aliphatic carbocycles. The molecule has 0 radical (unpaired) electrons. The van der Waals surface area contributed by atoms with Crippen LogP contribution in [0.4, 0.5) is 28.9 Å². The van der Waals surface area contributed by atoms with Crippen LogP contribution in [0.3, 0.4) is 0 Å². The summed E-state index contributed by atoms with van der Waals surface area (Å²) in [7, 11) is 0. The van der Waals surface area contributed by atoms with E-state index in [0.717, 1.165) is 18.2 Å². The lowest BCUT2D eigenvalue weighted by Gasteiger charge is -2.19. The predicted molar refractivity (Wildman–Crippen MR) is 122 cm³/mol. The van der Waals surface area contributed by atoms with Crippen LogP contribution in [0.5, 0.6) is 5.75 Å². The minimum atomic E-state index is -5.00. The van der Waals surface area contributed by atoms with Gasteiger partial charge in [0.2, 0.25) is 5.91 Å². The minimum absolute atomic E-state index is 0.0459. The number of alkyl halides is 4. The molecule has 178 valence electrons. The normalized spacial score (nSPS) is 11.6. The second-order valence-corrected chi connectivity index (χ2v) is 9.53. The molecule has 0 atom stereocenters. The van der Waals surface area contributed by atoms with Crippen molar-refractivity contribution in [2.75, 3.05) is 10.6 Å². The van der Waals surface area contributed by atoms with Crippen molar-refractivity contribution in [3.8, 4) is 17.0 Å². The van der Waals surface area contributed by atoms with Crippen molar-refractivity contribution in [2.45, 2.75) is 24.5 Å². The third-order valence-corrected chi connectivity index (χ3v) is 4.79. The fraction of sp³-hybridized carbons (Fsp3) is 0.174. The molecule has 34 heavy (non-hydrogen) atoms. The molecule has 0 aliphatic rings. The van der Waals surface area contributed by atoms with E-state index in [-0.39, 0.29) is 22.5 Å². The highest BCUT2D eigenvalue weighted by atomic mass is 79.9. The van der Waals surface area contributed by atoms with Crippen molar-refractivity contribution in [2.24, 2.45) is 0 Å². The van der Waals surface area contributed by atoms with Gasteiger partial charge < -0.3 is 15.4 Å². The van der Waals surface area contributed by atoms with E-state index < -0.39 is 34.1 Å². The molecule has 2 amide bonds. The Hall–Kier alpha value is -3.47. The van der Waals surface area contributed by atoms with Gasteiger partial charge in [0.25, 0.3) is 5.91 Å². The number of benzene rings is 2. The van der Waals surface area contributed by atoms with Gasteiger partial charge in [-0.15, -0.1) is 13.2 Å². The van der Waals surface area contributed by atoms with Crippen LogP contribution in [0.25, 0.3) is 11.3 Å². The van der Waals surface area contributed by atoms with E-state index in [4.69, 9.17) is 0 Å². The lowest BCUT2D eigenvalue weighted by molar-refractivity contribution is -0.274. The van der Waals surface area contributed by atoms with Gasteiger partial charge in [-0.3, -0.25) is 14.6 Å². The lowest BCUT2D eigenvalue weighted by Crippen LogP contribution is -2.31. The van der Waals surface area contributed by atoms with Crippen LogP contribution >= 0.6 is 15.9 Å². The molecule has 2 N–H and O–H groups in total. The highest BCUT2D eigenvalue weighted by molar-refractivity contribution is 9.10. The van der Waals surface area contributed by atoms with E-state index in [1.165, 1.54) is 38.2 Å². The van der Waals surface area contributed by atoms with E-state index in [2.05, 4.69) is 36.3 Å². The van der Waals surface area contributed by atoms with E-state index in [1.807, 2.05) is 0 Å². The minimum Gasteiger partial charge on any atom is -0.404 e. The van der Waals surface area contributed by atoms with Crippen LogP contribution in [0.15, 0.2) is 60.8 Å². The van der Waals surface area contributed by atoms with E-state index >= 15 is 0 Å². The molecule has 0 fully saturated rings. The molecule has 6 nitrogen and oxygen atoms in total. The average molecular weight is 540 g/mol. The number of hydrogen-bond donors (Lipinski definition) is 2. The Balaban J connectivity index is 1.83. The molecule has 0 saturated carbocycles. The Morgan fingerprint density at radius 2 is 1.71 bits per heavy atom. The molecule has 0 spiro atoms. The number of nitrogens with one attached hydrogen (secondary N) is 2. The molecule has 3 rings (SSSR count). The van der Waals surface area contributed by atoms with Gasteiger partial charge in [0.1, 0.15) is 5.82 Å². The van der Waals surface area contributed by atoms with Crippen molar-refractivity contribution >= 4 is 39.1 Å². The number of halogens is 5. The van der Waals surface area contributed by atoms with Gasteiger partial charge in [-0.2, -0.15) is 0 Å². The highest BCUT2D eigenvalue weighted by Crippen LogP contribution is 2.33. The second kappa shape index (κ2) is 9.80. The van der Waals surface area contributed by atoms with Crippen LogP contribution < -0.4 is 15.4 Å². The summed E-state index contributed by atoms with van der Waals surface area (Å²) in [6, 6.07) is 12.2. The van der Waals surface area contributed by atoms with Crippen LogP contribution in [-0.4, -0.2) is 27.5 Å². The second-order valence-electron chi connectivity index (χ2n) is 7.55. The first kappa shape index (κ1) is 25.2. The molecule has 0 aliphatic heterocycles. The Labute approximate surface area is 200 Å². The Morgan fingerprint density at radius 3 is 2.29 bits per heavy atom. The van der Waals surface area contributed by atoms with E-state index in [1.54, 1.807) is 18.2 Å². The number of amides is 2. The molecular weight excluding hydrogens is 522 g/mol. The summed E-state index contributed by atoms with van der Waals surface area (Å²) in [5, 5.41) is 4.87. The number of carbonyl (C=O) groups excluding carboxylic acids is 2. The Bertz CT molecular complexity index is 1210. The monoisotopic (exact) mass is 539 g/mol. The van der Waals surface area contributed by atoms with Crippen molar-refractivity contribution in [3.05, 3.63) is 72.2 Å². The molecule has 0 bridgehead atoms. The lowest BCUT2D eigenvalue weighted by atomic mass is 10.1. The van der Waals surface area contributed by atoms with Crippen molar-refractivity contribution in [1.29, 1.82) is 0 Å². The molecule has 0 unspecified atom stereocenters. The van der Waals surface area contributed by atoms with Gasteiger partial charge in [-0.1, -0.05) is 28.1 Å². The fourth-order valence-corrected chi connectivity index (χ4v) is 2.85. The standard InChI is InChI=1S/C23H18BrF4N3O3/c1-22(2,24)21(33)31-18-11-13(7-10-19(18)34-23(26,27)28)20(32)30-14-8-9-17(29-12-14)15-5-3-4-6-16(15)25/h3-12H,1-2H3,(H,30,32)(H,31,33). The van der Waals surface area contributed by atoms with E-state index in [9.17, 15) is 27.2 Å². The summed E-state index contributed by atoms with van der Waals surface area (Å²) in [6.07, 6.45) is -3.68. The summed E-state index contributed by atoms with van der Waals surface area (Å²) < 4.78 is 55.1. The number of nitrogens with zero attached hydrogens (tertiary/aromatic N) is 1. The van der Waals surface area contributed by atoms with Gasteiger partial charge in [-0.25, -0.2) is 4.39 Å². The molecule has 3 aromatic rings. The highest BCUT2D eigenvalue weighted by Gasteiger charge is 2.33. The number of carbonyl (C=O) groups is 2. The zero-order chi connectivity index (χ0) is 25.1. The SMILES string of the molecule is CC(C)(Br)C(=O)Nc1cc(C(=O)Nc2ccc(-c3ccccc3F)nc2)ccc1OC(F)(F)F. The molecule has 1 aromatic heterocycles. The van der Waals surface area contributed by atoms with Crippen LogP contribution in [0.2, 0.25) is 0 Å². The van der Waals surface area contributed by atoms with Gasteiger partial charge in [-0.05, 0) is 56.3 Å². The van der Waals surface area contributed by atoms with Crippen LogP contribution in [0.1, 0.15) is 24.2 Å². The summed E-state index contributed by atoms with van der Waals surface area (Å²) in [4.78, 5) is 29.1. The largest absolute Gasteiger partial charge is 0.573 e. The number of rotatable bonds is 6. The maximum Gasteiger partial charge on any atom is 0.573 e. The topological polar surface area (TPSA) is 80.3 Å². The maximum atomic E-state index is 13.9. The third-order valence-electron chi connectivity index (χ3n) is 4.43. The maximum absolute atomic E-state index is 13.9. The number of aromatic nitrogens is 1. The summed E-state index contributed by atoms with van der Waals surface area (Å²) in [5.41, 5.74) is 0.529. The fourth-order valence-electron chi connectivity index (χ4n) is 2.75. The number of ether oxygens (including phenoxy) is 1. The zero-order valence-electron chi connectivity index (χ0n) is 17.8.